The van der Waals surface area contributed by atoms with E-state index in [1.807, 2.05) is 79.7 Å². The number of esters is 1. The third-order valence-corrected chi connectivity index (χ3v) is 7.33. The molecule has 0 atom stereocenters. The molecule has 0 radical (unpaired) electrons. The summed E-state index contributed by atoms with van der Waals surface area (Å²) in [6, 6.07) is 27.5. The highest BCUT2D eigenvalue weighted by Crippen LogP contribution is 2.31. The Labute approximate surface area is 237 Å². The van der Waals surface area contributed by atoms with Gasteiger partial charge in [-0.15, -0.1) is 0 Å². The minimum Gasteiger partial charge on any atom is -0.464 e. The van der Waals surface area contributed by atoms with E-state index in [-0.39, 0.29) is 6.42 Å². The van der Waals surface area contributed by atoms with Crippen molar-refractivity contribution in [1.82, 2.24) is 9.78 Å². The fourth-order valence-corrected chi connectivity index (χ4v) is 5.14. The quantitative estimate of drug-likeness (QED) is 0.217. The molecule has 6 aromatic rings. The Morgan fingerprint density at radius 3 is 2.46 bits per heavy atom. The summed E-state index contributed by atoms with van der Waals surface area (Å²) in [4.78, 5) is 25.7. The highest BCUT2D eigenvalue weighted by Gasteiger charge is 2.18. The summed E-state index contributed by atoms with van der Waals surface area (Å²) in [7, 11) is 0. The van der Waals surface area contributed by atoms with Gasteiger partial charge >= 0.3 is 5.97 Å². The molecular weight excluding hydrogens is 514 g/mol. The molecule has 0 fully saturated rings. The van der Waals surface area contributed by atoms with Gasteiger partial charge in [-0.2, -0.15) is 5.10 Å². The van der Waals surface area contributed by atoms with Crippen LogP contribution in [0.1, 0.15) is 22.3 Å². The van der Waals surface area contributed by atoms with Crippen LogP contribution < -0.4 is 5.32 Å². The fraction of sp³-hybridized carbons (Fsp3) is 0.147. The van der Waals surface area contributed by atoms with Crippen LogP contribution in [0, 0.1) is 20.8 Å². The topological polar surface area (TPSA) is 86.4 Å². The van der Waals surface area contributed by atoms with Crippen molar-refractivity contribution in [3.05, 3.63) is 113 Å². The minimum atomic E-state index is -0.515. The summed E-state index contributed by atoms with van der Waals surface area (Å²) < 4.78 is 12.7. The molecule has 0 aliphatic carbocycles. The van der Waals surface area contributed by atoms with Gasteiger partial charge in [-0.25, -0.2) is 4.68 Å². The van der Waals surface area contributed by atoms with Crippen LogP contribution in [0.4, 0.5) is 5.82 Å². The SMILES string of the molecule is Cc1cc(C)c(-c2cc(NC(=O)COC(=O)Cc3coc4ccc5ccccc5c34)n(-c3ccccc3)n2)cc1C. The molecule has 0 unspecified atom stereocenters. The first-order valence-corrected chi connectivity index (χ1v) is 13.4. The minimum absolute atomic E-state index is 0.00750. The van der Waals surface area contributed by atoms with Crippen molar-refractivity contribution >= 4 is 39.4 Å². The van der Waals surface area contributed by atoms with E-state index in [0.29, 0.717) is 11.4 Å². The van der Waals surface area contributed by atoms with Crippen molar-refractivity contribution in [2.45, 2.75) is 27.2 Å². The molecule has 0 aliphatic rings. The van der Waals surface area contributed by atoms with E-state index < -0.39 is 18.5 Å². The summed E-state index contributed by atoms with van der Waals surface area (Å²) in [5, 5.41) is 10.6. The maximum absolute atomic E-state index is 13.0. The van der Waals surface area contributed by atoms with Crippen molar-refractivity contribution in [2.24, 2.45) is 0 Å². The second-order valence-corrected chi connectivity index (χ2v) is 10.2. The lowest BCUT2D eigenvalue weighted by Gasteiger charge is -2.09. The third kappa shape index (κ3) is 5.22. The van der Waals surface area contributed by atoms with Gasteiger partial charge in [0.15, 0.2) is 6.61 Å². The average Bonchev–Trinajstić information content (AvgIpc) is 3.58. The van der Waals surface area contributed by atoms with Gasteiger partial charge in [-0.1, -0.05) is 54.6 Å². The first-order valence-electron chi connectivity index (χ1n) is 13.4. The smallest absolute Gasteiger partial charge is 0.310 e. The molecule has 0 aliphatic heterocycles. The highest BCUT2D eigenvalue weighted by molar-refractivity contribution is 6.08. The monoisotopic (exact) mass is 543 g/mol. The summed E-state index contributed by atoms with van der Waals surface area (Å²) in [5.74, 6) is -0.489. The lowest BCUT2D eigenvalue weighted by atomic mass is 9.99. The Balaban J connectivity index is 1.20. The second kappa shape index (κ2) is 10.8. The number of anilines is 1. The molecule has 1 amide bonds. The van der Waals surface area contributed by atoms with Crippen molar-refractivity contribution in [3.63, 3.8) is 0 Å². The Bertz CT molecular complexity index is 1920. The molecule has 0 saturated heterocycles. The summed E-state index contributed by atoms with van der Waals surface area (Å²) in [6.45, 7) is 5.78. The van der Waals surface area contributed by atoms with Gasteiger partial charge in [0.05, 0.1) is 24.1 Å². The zero-order chi connectivity index (χ0) is 28.5. The fourth-order valence-electron chi connectivity index (χ4n) is 5.14. The predicted molar refractivity (Wildman–Crippen MR) is 160 cm³/mol. The lowest BCUT2D eigenvalue weighted by Crippen LogP contribution is -2.23. The van der Waals surface area contributed by atoms with Gasteiger partial charge in [-0.05, 0) is 72.5 Å². The number of nitrogens with zero attached hydrogens (tertiary/aromatic N) is 2. The summed E-state index contributed by atoms with van der Waals surface area (Å²) in [6.07, 6.45) is 1.57. The van der Waals surface area contributed by atoms with Crippen LogP contribution in [-0.2, 0) is 20.7 Å². The summed E-state index contributed by atoms with van der Waals surface area (Å²) in [5.41, 5.74) is 7.41. The molecule has 0 saturated carbocycles. The van der Waals surface area contributed by atoms with Crippen LogP contribution in [0.3, 0.4) is 0 Å². The number of hydrogen-bond donors (Lipinski definition) is 1. The molecule has 7 heteroatoms. The van der Waals surface area contributed by atoms with Gasteiger partial charge < -0.3 is 14.5 Å². The van der Waals surface area contributed by atoms with Crippen LogP contribution in [0.2, 0.25) is 0 Å². The summed E-state index contributed by atoms with van der Waals surface area (Å²) >= 11 is 0. The van der Waals surface area contributed by atoms with Crippen LogP contribution in [0.15, 0.2) is 95.6 Å². The molecule has 2 aromatic heterocycles. The average molecular weight is 544 g/mol. The van der Waals surface area contributed by atoms with E-state index in [9.17, 15) is 9.59 Å². The molecule has 204 valence electrons. The van der Waals surface area contributed by atoms with E-state index in [1.165, 1.54) is 5.56 Å². The molecule has 4 aromatic carbocycles. The van der Waals surface area contributed by atoms with Crippen molar-refractivity contribution in [3.8, 4) is 16.9 Å². The van der Waals surface area contributed by atoms with Crippen molar-refractivity contribution in [1.29, 1.82) is 0 Å². The second-order valence-electron chi connectivity index (χ2n) is 10.2. The Kier molecular flexibility index (Phi) is 6.85. The Hall–Kier alpha value is -5.17. The normalized spacial score (nSPS) is 11.2. The lowest BCUT2D eigenvalue weighted by molar-refractivity contribution is -0.146. The van der Waals surface area contributed by atoms with Crippen molar-refractivity contribution in [2.75, 3.05) is 11.9 Å². The van der Waals surface area contributed by atoms with E-state index in [2.05, 4.69) is 31.3 Å². The van der Waals surface area contributed by atoms with Crippen LogP contribution >= 0.6 is 0 Å². The maximum atomic E-state index is 13.0. The number of aryl methyl sites for hydroxylation is 3. The Morgan fingerprint density at radius 2 is 1.63 bits per heavy atom. The number of amides is 1. The maximum Gasteiger partial charge on any atom is 0.310 e. The number of benzene rings is 4. The van der Waals surface area contributed by atoms with E-state index >= 15 is 0 Å². The number of furan rings is 1. The molecule has 41 heavy (non-hydrogen) atoms. The van der Waals surface area contributed by atoms with Gasteiger partial charge in [0, 0.05) is 22.6 Å². The first-order chi connectivity index (χ1) is 19.9. The zero-order valence-corrected chi connectivity index (χ0v) is 23.1. The number of aromatic nitrogens is 2. The number of nitrogens with one attached hydrogen (secondary N) is 1. The molecule has 0 spiro atoms. The molecule has 7 nitrogen and oxygen atoms in total. The molecular formula is C34H29N3O4. The number of fused-ring (bicyclic) bond motifs is 3. The van der Waals surface area contributed by atoms with Gasteiger partial charge in [-0.3, -0.25) is 9.59 Å². The van der Waals surface area contributed by atoms with E-state index in [0.717, 1.165) is 49.8 Å². The first kappa shape index (κ1) is 26.1. The number of rotatable bonds is 7. The number of carbonyl (C=O) groups is 2. The van der Waals surface area contributed by atoms with Crippen molar-refractivity contribution < 1.29 is 18.7 Å². The zero-order valence-electron chi connectivity index (χ0n) is 23.1. The van der Waals surface area contributed by atoms with Gasteiger partial charge in [0.2, 0.25) is 0 Å². The number of ether oxygens (including phenoxy) is 1. The Morgan fingerprint density at radius 1 is 0.878 bits per heavy atom. The number of hydrogen-bond acceptors (Lipinski definition) is 5. The van der Waals surface area contributed by atoms with Crippen LogP contribution in [-0.4, -0.2) is 28.3 Å². The highest BCUT2D eigenvalue weighted by atomic mass is 16.5. The van der Waals surface area contributed by atoms with E-state index in [1.54, 1.807) is 10.9 Å². The van der Waals surface area contributed by atoms with Crippen LogP contribution in [0.25, 0.3) is 38.7 Å². The standard InChI is InChI=1S/C34H29N3O4/c1-21-15-23(3)28(16-22(21)2)29-18-31(37(36-29)26-10-5-4-6-11-26)35-32(38)20-41-33(39)17-25-19-40-30-14-13-24-9-7-8-12-27(24)34(25)30/h4-16,18-19H,17,20H2,1-3H3,(H,35,38). The van der Waals surface area contributed by atoms with Gasteiger partial charge in [0.1, 0.15) is 11.4 Å². The van der Waals surface area contributed by atoms with Gasteiger partial charge in [0.25, 0.3) is 5.91 Å². The molecule has 2 heterocycles. The van der Waals surface area contributed by atoms with Crippen LogP contribution in [0.5, 0.6) is 0 Å². The molecule has 0 bridgehead atoms. The number of carbonyl (C=O) groups excluding carboxylic acids is 2. The predicted octanol–water partition coefficient (Wildman–Crippen LogP) is 7.09. The van der Waals surface area contributed by atoms with E-state index in [4.69, 9.17) is 14.3 Å². The molecule has 1 N–H and O–H groups in total. The largest absolute Gasteiger partial charge is 0.464 e. The number of para-hydroxylation sites is 1. The third-order valence-electron chi connectivity index (χ3n) is 7.33. The molecule has 6 rings (SSSR count).